The first-order valence-electron chi connectivity index (χ1n) is 4.97. The molecule has 0 spiro atoms. The van der Waals surface area contributed by atoms with Gasteiger partial charge in [-0.25, -0.2) is 4.99 Å². The van der Waals surface area contributed by atoms with Crippen LogP contribution in [0.25, 0.3) is 0 Å². The van der Waals surface area contributed by atoms with Gasteiger partial charge in [-0.15, -0.1) is 0 Å². The third-order valence-electron chi connectivity index (χ3n) is 2.14. The molecule has 0 aliphatic heterocycles. The van der Waals surface area contributed by atoms with Gasteiger partial charge in [0.25, 0.3) is 0 Å². The Bertz CT molecular complexity index is 566. The maximum atomic E-state index is 5.86. The zero-order valence-corrected chi connectivity index (χ0v) is 9.72. The number of nitrogen functional groups attached to an aromatic ring is 1. The molecule has 0 aliphatic carbocycles. The second-order valence-corrected chi connectivity index (χ2v) is 3.85. The summed E-state index contributed by atoms with van der Waals surface area (Å²) in [6, 6.07) is 10.6. The van der Waals surface area contributed by atoms with E-state index < -0.39 is 0 Å². The molecule has 4 N–H and O–H groups in total. The Kier molecular flexibility index (Phi) is 3.25. The molecule has 1 aromatic carbocycles. The van der Waals surface area contributed by atoms with Gasteiger partial charge < -0.3 is 11.5 Å². The van der Waals surface area contributed by atoms with Crippen molar-refractivity contribution in [2.24, 2.45) is 10.7 Å². The lowest BCUT2D eigenvalue weighted by molar-refractivity contribution is 1.27. The molecule has 1 aromatic heterocycles. The predicted octanol–water partition coefficient (Wildman–Crippen LogP) is 2.35. The van der Waals surface area contributed by atoms with Crippen LogP contribution in [0.1, 0.15) is 5.69 Å². The highest BCUT2D eigenvalue weighted by Crippen LogP contribution is 2.18. The van der Waals surface area contributed by atoms with Gasteiger partial charge >= 0.3 is 0 Å². The van der Waals surface area contributed by atoms with Gasteiger partial charge in [-0.3, -0.25) is 4.98 Å². The average Bonchev–Trinajstić information content (AvgIpc) is 2.29. The van der Waals surface area contributed by atoms with Gasteiger partial charge in [-0.2, -0.15) is 0 Å². The van der Waals surface area contributed by atoms with E-state index in [-0.39, 0.29) is 5.84 Å². The molecule has 86 valence electrons. The van der Waals surface area contributed by atoms with E-state index in [2.05, 4.69) is 9.98 Å². The summed E-state index contributed by atoms with van der Waals surface area (Å²) in [4.78, 5) is 8.30. The Morgan fingerprint density at radius 1 is 1.24 bits per heavy atom. The van der Waals surface area contributed by atoms with E-state index >= 15 is 0 Å². The lowest BCUT2D eigenvalue weighted by Crippen LogP contribution is -2.16. The molecule has 0 bridgehead atoms. The molecule has 4 nitrogen and oxygen atoms in total. The molecule has 0 radical (unpaired) electrons. The van der Waals surface area contributed by atoms with E-state index in [4.69, 9.17) is 23.1 Å². The number of hydrogen-bond acceptors (Lipinski definition) is 3. The Labute approximate surface area is 104 Å². The van der Waals surface area contributed by atoms with E-state index in [1.807, 2.05) is 0 Å². The third kappa shape index (κ3) is 2.73. The molecule has 0 unspecified atom stereocenters. The third-order valence-corrected chi connectivity index (χ3v) is 2.37. The molecule has 0 saturated carbocycles. The van der Waals surface area contributed by atoms with E-state index in [1.165, 1.54) is 0 Å². The van der Waals surface area contributed by atoms with Crippen molar-refractivity contribution < 1.29 is 0 Å². The van der Waals surface area contributed by atoms with E-state index in [0.29, 0.717) is 22.1 Å². The fraction of sp³-hybridized carbons (Fsp3) is 0. The molecular weight excluding hydrogens is 236 g/mol. The maximum Gasteiger partial charge on any atom is 0.152 e. The minimum atomic E-state index is 0.269. The van der Waals surface area contributed by atoms with E-state index in [1.54, 1.807) is 42.6 Å². The summed E-state index contributed by atoms with van der Waals surface area (Å²) < 4.78 is 0. The highest BCUT2D eigenvalue weighted by Gasteiger charge is 2.04. The number of anilines is 1. The average molecular weight is 247 g/mol. The molecule has 5 heteroatoms. The Hall–Kier alpha value is -2.07. The molecule has 2 aromatic rings. The Morgan fingerprint density at radius 3 is 2.76 bits per heavy atom. The van der Waals surface area contributed by atoms with Crippen molar-refractivity contribution in [3.8, 4) is 0 Å². The lowest BCUT2D eigenvalue weighted by Gasteiger charge is -2.03. The summed E-state index contributed by atoms with van der Waals surface area (Å²) in [6.07, 6.45) is 1.62. The number of aliphatic imine (C=N–C) groups is 1. The molecule has 0 amide bonds. The zero-order chi connectivity index (χ0) is 12.3. The lowest BCUT2D eigenvalue weighted by atomic mass is 10.2. The monoisotopic (exact) mass is 246 g/mol. The van der Waals surface area contributed by atoms with Crippen molar-refractivity contribution in [1.82, 2.24) is 4.98 Å². The van der Waals surface area contributed by atoms with Crippen molar-refractivity contribution in [3.05, 3.63) is 53.3 Å². The summed E-state index contributed by atoms with van der Waals surface area (Å²) in [5, 5.41) is 0.605. The van der Waals surface area contributed by atoms with Crippen LogP contribution in [0.2, 0.25) is 5.02 Å². The van der Waals surface area contributed by atoms with Crippen molar-refractivity contribution >= 4 is 28.8 Å². The standard InChI is InChI=1S/C12H11ClN4/c13-8-3-1-4-9(7-8)17-12(15)11-10(14)5-2-6-16-11/h1-7H,14H2,(H2,15,17). The first-order chi connectivity index (χ1) is 8.16. The summed E-state index contributed by atoms with van der Waals surface area (Å²) in [5.74, 6) is 0.269. The molecule has 0 saturated heterocycles. The summed E-state index contributed by atoms with van der Waals surface area (Å²) in [5.41, 5.74) is 13.2. The summed E-state index contributed by atoms with van der Waals surface area (Å²) in [7, 11) is 0. The van der Waals surface area contributed by atoms with Crippen LogP contribution in [0.15, 0.2) is 47.6 Å². The number of halogens is 1. The molecule has 17 heavy (non-hydrogen) atoms. The minimum Gasteiger partial charge on any atom is -0.397 e. The van der Waals surface area contributed by atoms with Gasteiger partial charge in [0.1, 0.15) is 5.69 Å². The number of hydrogen-bond donors (Lipinski definition) is 2. The fourth-order valence-electron chi connectivity index (χ4n) is 1.37. The van der Waals surface area contributed by atoms with Crippen molar-refractivity contribution in [3.63, 3.8) is 0 Å². The largest absolute Gasteiger partial charge is 0.397 e. The van der Waals surface area contributed by atoms with E-state index in [0.717, 1.165) is 0 Å². The second kappa shape index (κ2) is 4.84. The fourth-order valence-corrected chi connectivity index (χ4v) is 1.55. The topological polar surface area (TPSA) is 77.3 Å². The summed E-state index contributed by atoms with van der Waals surface area (Å²) in [6.45, 7) is 0. The van der Waals surface area contributed by atoms with Crippen LogP contribution in [-0.2, 0) is 0 Å². The molecular formula is C12H11ClN4. The number of rotatable bonds is 2. The number of nitrogens with zero attached hydrogens (tertiary/aromatic N) is 2. The Morgan fingerprint density at radius 2 is 2.06 bits per heavy atom. The molecule has 0 fully saturated rings. The Balaban J connectivity index is 2.38. The molecule has 1 heterocycles. The second-order valence-electron chi connectivity index (χ2n) is 3.42. The summed E-state index contributed by atoms with van der Waals surface area (Å²) >= 11 is 5.86. The normalized spacial score (nSPS) is 11.5. The van der Waals surface area contributed by atoms with Crippen molar-refractivity contribution in [2.45, 2.75) is 0 Å². The zero-order valence-electron chi connectivity index (χ0n) is 8.97. The van der Waals surface area contributed by atoms with Gasteiger partial charge in [-0.1, -0.05) is 17.7 Å². The van der Waals surface area contributed by atoms with Crippen LogP contribution < -0.4 is 11.5 Å². The number of benzene rings is 1. The van der Waals surface area contributed by atoms with Crippen LogP contribution in [-0.4, -0.2) is 10.8 Å². The number of pyridine rings is 1. The number of amidine groups is 1. The predicted molar refractivity (Wildman–Crippen MR) is 70.5 cm³/mol. The molecule has 2 rings (SSSR count). The highest BCUT2D eigenvalue weighted by molar-refractivity contribution is 6.30. The van der Waals surface area contributed by atoms with Crippen LogP contribution >= 0.6 is 11.6 Å². The van der Waals surface area contributed by atoms with Gasteiger partial charge in [-0.05, 0) is 30.3 Å². The SMILES string of the molecule is NC(=Nc1cccc(Cl)c1)c1ncccc1N. The molecule has 0 aliphatic rings. The van der Waals surface area contributed by atoms with E-state index in [9.17, 15) is 0 Å². The first kappa shape index (κ1) is 11.4. The maximum absolute atomic E-state index is 5.86. The first-order valence-corrected chi connectivity index (χ1v) is 5.35. The van der Waals surface area contributed by atoms with Crippen molar-refractivity contribution in [1.29, 1.82) is 0 Å². The molecule has 0 atom stereocenters. The number of nitrogens with two attached hydrogens (primary N) is 2. The van der Waals surface area contributed by atoms with Gasteiger partial charge in [0.15, 0.2) is 5.84 Å². The van der Waals surface area contributed by atoms with Crippen LogP contribution in [0.5, 0.6) is 0 Å². The van der Waals surface area contributed by atoms with Gasteiger partial charge in [0.05, 0.1) is 11.4 Å². The van der Waals surface area contributed by atoms with Gasteiger partial charge in [0, 0.05) is 11.2 Å². The quantitative estimate of drug-likeness (QED) is 0.631. The van der Waals surface area contributed by atoms with Crippen molar-refractivity contribution in [2.75, 3.05) is 5.73 Å². The smallest absolute Gasteiger partial charge is 0.152 e. The highest BCUT2D eigenvalue weighted by atomic mass is 35.5. The van der Waals surface area contributed by atoms with Gasteiger partial charge in [0.2, 0.25) is 0 Å². The van der Waals surface area contributed by atoms with Crippen LogP contribution in [0.3, 0.4) is 0 Å². The van der Waals surface area contributed by atoms with Crippen LogP contribution in [0.4, 0.5) is 11.4 Å². The number of aromatic nitrogens is 1. The minimum absolute atomic E-state index is 0.269. The van der Waals surface area contributed by atoms with Crippen LogP contribution in [0, 0.1) is 0 Å².